The molecule has 0 saturated carbocycles. The second-order valence-electron chi connectivity index (χ2n) is 2.84. The molecule has 1 heterocycles. The van der Waals surface area contributed by atoms with Crippen molar-refractivity contribution >= 4 is 0 Å². The third-order valence-corrected chi connectivity index (χ3v) is 1.74. The van der Waals surface area contributed by atoms with Crippen LogP contribution in [0.25, 0.3) is 0 Å². The van der Waals surface area contributed by atoms with E-state index in [1.54, 1.807) is 0 Å². The Bertz CT molecular complexity index is 320. The van der Waals surface area contributed by atoms with Crippen LogP contribution in [-0.4, -0.2) is 17.1 Å². The summed E-state index contributed by atoms with van der Waals surface area (Å²) in [5, 5.41) is 0. The molecule has 0 spiro atoms. The van der Waals surface area contributed by atoms with Gasteiger partial charge >= 0.3 is 0 Å². The molecule has 0 aliphatic rings. The molecule has 0 unspecified atom stereocenters. The Labute approximate surface area is 77.0 Å². The first-order valence-electron chi connectivity index (χ1n) is 4.40. The zero-order chi connectivity index (χ0) is 9.68. The fourth-order valence-corrected chi connectivity index (χ4v) is 1.05. The van der Waals surface area contributed by atoms with Gasteiger partial charge in [0.05, 0.1) is 13.2 Å². The van der Waals surface area contributed by atoms with Crippen LogP contribution in [0, 0.1) is 0 Å². The minimum atomic E-state index is -0.155. The molecule has 0 aliphatic carbocycles. The maximum absolute atomic E-state index is 11.1. The van der Waals surface area contributed by atoms with E-state index in [1.165, 1.54) is 13.2 Å². The number of hydrogen-bond donors (Lipinski definition) is 1. The lowest BCUT2D eigenvalue weighted by Gasteiger charge is -2.01. The van der Waals surface area contributed by atoms with Crippen LogP contribution in [0.1, 0.15) is 25.6 Å². The molecule has 0 saturated heterocycles. The summed E-state index contributed by atoms with van der Waals surface area (Å²) in [5.41, 5.74) is -0.155. The Balaban J connectivity index is 2.82. The zero-order valence-corrected chi connectivity index (χ0v) is 7.96. The van der Waals surface area contributed by atoms with Crippen LogP contribution >= 0.6 is 0 Å². The van der Waals surface area contributed by atoms with E-state index < -0.39 is 0 Å². The molecule has 0 bridgehead atoms. The molecule has 1 N–H and O–H groups in total. The average Bonchev–Trinajstić information content (AvgIpc) is 2.14. The van der Waals surface area contributed by atoms with Gasteiger partial charge < -0.3 is 9.72 Å². The smallest absolute Gasteiger partial charge is 0.254 e. The highest BCUT2D eigenvalue weighted by Crippen LogP contribution is 2.03. The number of H-pyrrole nitrogens is 1. The molecule has 72 valence electrons. The topological polar surface area (TPSA) is 55.0 Å². The van der Waals surface area contributed by atoms with Crippen LogP contribution in [0.2, 0.25) is 0 Å². The minimum Gasteiger partial charge on any atom is -0.481 e. The summed E-state index contributed by atoms with van der Waals surface area (Å²) in [6.45, 7) is 2.10. The lowest BCUT2D eigenvalue weighted by molar-refractivity contribution is 0.393. The van der Waals surface area contributed by atoms with E-state index >= 15 is 0 Å². The third kappa shape index (κ3) is 2.89. The maximum atomic E-state index is 11.1. The molecule has 1 aromatic heterocycles. The highest BCUT2D eigenvalue weighted by Gasteiger charge is 1.99. The quantitative estimate of drug-likeness (QED) is 0.759. The van der Waals surface area contributed by atoms with Gasteiger partial charge in [-0.1, -0.05) is 13.3 Å². The van der Waals surface area contributed by atoms with Gasteiger partial charge in [0.15, 0.2) is 0 Å². The van der Waals surface area contributed by atoms with Crippen LogP contribution < -0.4 is 10.3 Å². The van der Waals surface area contributed by atoms with E-state index in [4.69, 9.17) is 4.74 Å². The first-order chi connectivity index (χ1) is 6.26. The van der Waals surface area contributed by atoms with Gasteiger partial charge in [0.25, 0.3) is 5.56 Å². The van der Waals surface area contributed by atoms with E-state index in [0.717, 1.165) is 19.3 Å². The van der Waals surface area contributed by atoms with Crippen molar-refractivity contribution in [3.05, 3.63) is 22.2 Å². The van der Waals surface area contributed by atoms with Gasteiger partial charge in [0.1, 0.15) is 5.82 Å². The molecule has 4 nitrogen and oxygen atoms in total. The number of ether oxygens (including phenoxy) is 1. The molecule has 0 atom stereocenters. The number of unbranched alkanes of at least 4 members (excludes halogenated alkanes) is 1. The summed E-state index contributed by atoms with van der Waals surface area (Å²) >= 11 is 0. The largest absolute Gasteiger partial charge is 0.481 e. The van der Waals surface area contributed by atoms with Crippen molar-refractivity contribution in [2.24, 2.45) is 0 Å². The normalized spacial score (nSPS) is 10.0. The molecule has 0 aliphatic heterocycles. The summed E-state index contributed by atoms with van der Waals surface area (Å²) < 4.78 is 4.88. The SMILES string of the molecule is CCCCc1nc(OC)cc(=O)[nH]1. The molecule has 1 rings (SSSR count). The molecule has 13 heavy (non-hydrogen) atoms. The lowest BCUT2D eigenvalue weighted by Crippen LogP contribution is -2.11. The number of rotatable bonds is 4. The predicted octanol–water partition coefficient (Wildman–Crippen LogP) is 1.12. The number of hydrogen-bond acceptors (Lipinski definition) is 3. The summed E-state index contributed by atoms with van der Waals surface area (Å²) in [4.78, 5) is 17.8. The van der Waals surface area contributed by atoms with E-state index in [1.807, 2.05) is 0 Å². The average molecular weight is 182 g/mol. The van der Waals surface area contributed by atoms with Crippen molar-refractivity contribution < 1.29 is 4.74 Å². The summed E-state index contributed by atoms with van der Waals surface area (Å²) in [5.74, 6) is 1.08. The van der Waals surface area contributed by atoms with Crippen LogP contribution in [0.4, 0.5) is 0 Å². The fourth-order valence-electron chi connectivity index (χ4n) is 1.05. The third-order valence-electron chi connectivity index (χ3n) is 1.74. The molecule has 4 heteroatoms. The van der Waals surface area contributed by atoms with Gasteiger partial charge in [-0.25, -0.2) is 4.98 Å². The molecule has 0 aromatic carbocycles. The summed E-state index contributed by atoms with van der Waals surface area (Å²) in [7, 11) is 1.51. The van der Waals surface area contributed by atoms with Crippen LogP contribution in [0.3, 0.4) is 0 Å². The Morgan fingerprint density at radius 2 is 2.38 bits per heavy atom. The number of methoxy groups -OCH3 is 1. The van der Waals surface area contributed by atoms with Crippen LogP contribution in [-0.2, 0) is 6.42 Å². The molecule has 1 aromatic rings. The summed E-state index contributed by atoms with van der Waals surface area (Å²) in [6.07, 6.45) is 2.90. The minimum absolute atomic E-state index is 0.155. The van der Waals surface area contributed by atoms with Crippen molar-refractivity contribution in [1.29, 1.82) is 0 Å². The number of aromatic amines is 1. The first-order valence-corrected chi connectivity index (χ1v) is 4.40. The van der Waals surface area contributed by atoms with E-state index in [2.05, 4.69) is 16.9 Å². The molecule has 0 amide bonds. The lowest BCUT2D eigenvalue weighted by atomic mass is 10.2. The van der Waals surface area contributed by atoms with Gasteiger partial charge in [-0.3, -0.25) is 4.79 Å². The van der Waals surface area contributed by atoms with Crippen molar-refractivity contribution in [1.82, 2.24) is 9.97 Å². The highest BCUT2D eigenvalue weighted by atomic mass is 16.5. The van der Waals surface area contributed by atoms with Crippen LogP contribution in [0.15, 0.2) is 10.9 Å². The van der Waals surface area contributed by atoms with Gasteiger partial charge in [0, 0.05) is 6.42 Å². The second kappa shape index (κ2) is 4.64. The van der Waals surface area contributed by atoms with Gasteiger partial charge in [0.2, 0.25) is 5.88 Å². The number of aryl methyl sites for hydroxylation is 1. The highest BCUT2D eigenvalue weighted by molar-refractivity contribution is 5.08. The molecular weight excluding hydrogens is 168 g/mol. The predicted molar refractivity (Wildman–Crippen MR) is 50.0 cm³/mol. The Morgan fingerprint density at radius 3 is 3.00 bits per heavy atom. The monoisotopic (exact) mass is 182 g/mol. The Kier molecular flexibility index (Phi) is 3.49. The van der Waals surface area contributed by atoms with Crippen molar-refractivity contribution in [3.8, 4) is 5.88 Å². The van der Waals surface area contributed by atoms with Crippen molar-refractivity contribution in [2.75, 3.05) is 7.11 Å². The zero-order valence-electron chi connectivity index (χ0n) is 7.96. The maximum Gasteiger partial charge on any atom is 0.254 e. The van der Waals surface area contributed by atoms with Crippen molar-refractivity contribution in [2.45, 2.75) is 26.2 Å². The van der Waals surface area contributed by atoms with Gasteiger partial charge in [-0.2, -0.15) is 0 Å². The number of aromatic nitrogens is 2. The van der Waals surface area contributed by atoms with E-state index in [-0.39, 0.29) is 5.56 Å². The Morgan fingerprint density at radius 1 is 1.62 bits per heavy atom. The van der Waals surface area contributed by atoms with E-state index in [0.29, 0.717) is 11.7 Å². The molecule has 0 fully saturated rings. The van der Waals surface area contributed by atoms with Crippen LogP contribution in [0.5, 0.6) is 5.88 Å². The number of nitrogens with zero attached hydrogens (tertiary/aromatic N) is 1. The summed E-state index contributed by atoms with van der Waals surface area (Å²) in [6, 6.07) is 1.34. The number of nitrogens with one attached hydrogen (secondary N) is 1. The van der Waals surface area contributed by atoms with Gasteiger partial charge in [-0.15, -0.1) is 0 Å². The molecule has 0 radical (unpaired) electrons. The molecular formula is C9H14N2O2. The van der Waals surface area contributed by atoms with Crippen molar-refractivity contribution in [3.63, 3.8) is 0 Å². The first kappa shape index (κ1) is 9.77. The van der Waals surface area contributed by atoms with Gasteiger partial charge in [-0.05, 0) is 6.42 Å². The fraction of sp³-hybridized carbons (Fsp3) is 0.556. The van der Waals surface area contributed by atoms with E-state index in [9.17, 15) is 4.79 Å². The second-order valence-corrected chi connectivity index (χ2v) is 2.84. The standard InChI is InChI=1S/C9H14N2O2/c1-3-4-5-7-10-8(12)6-9(11-7)13-2/h6H,3-5H2,1-2H3,(H,10,11,12). The Hall–Kier alpha value is -1.32.